The molecule has 98 valence electrons. The Hall–Kier alpha value is -1.72. The Bertz CT molecular complexity index is 689. The lowest BCUT2D eigenvalue weighted by atomic mass is 10.2. The van der Waals surface area contributed by atoms with Gasteiger partial charge in [0, 0.05) is 23.9 Å². The molecule has 1 aromatic carbocycles. The van der Waals surface area contributed by atoms with Crippen LogP contribution in [0.3, 0.4) is 0 Å². The maximum absolute atomic E-state index is 5.31. The third kappa shape index (κ3) is 2.67. The first kappa shape index (κ1) is 12.3. The van der Waals surface area contributed by atoms with E-state index in [-0.39, 0.29) is 0 Å². The van der Waals surface area contributed by atoms with E-state index in [0.717, 1.165) is 40.5 Å². The smallest absolute Gasteiger partial charge is 0.167 e. The Morgan fingerprint density at radius 3 is 2.89 bits per heavy atom. The lowest BCUT2D eigenvalue weighted by Crippen LogP contribution is -2.17. The maximum Gasteiger partial charge on any atom is 0.167 e. The Kier molecular flexibility index (Phi) is 3.31. The third-order valence-corrected chi connectivity index (χ3v) is 3.79. The van der Waals surface area contributed by atoms with Crippen LogP contribution < -0.4 is 0 Å². The number of nitrogens with zero attached hydrogens (tertiary/aromatic N) is 3. The van der Waals surface area contributed by atoms with Crippen molar-refractivity contribution in [2.75, 3.05) is 7.05 Å². The van der Waals surface area contributed by atoms with Gasteiger partial charge < -0.3 is 4.52 Å². The SMILES string of the molecule is Cc1nc(CN(C)Cc2noc3ccccc23)cs1. The normalized spacial score (nSPS) is 11.5. The summed E-state index contributed by atoms with van der Waals surface area (Å²) in [5.74, 6) is 0. The summed E-state index contributed by atoms with van der Waals surface area (Å²) in [7, 11) is 2.07. The zero-order valence-electron chi connectivity index (χ0n) is 11.0. The summed E-state index contributed by atoms with van der Waals surface area (Å²) in [4.78, 5) is 6.67. The second-order valence-corrected chi connectivity index (χ2v) is 5.72. The number of benzene rings is 1. The Labute approximate surface area is 115 Å². The van der Waals surface area contributed by atoms with Crippen LogP contribution >= 0.6 is 11.3 Å². The summed E-state index contributed by atoms with van der Waals surface area (Å²) in [6, 6.07) is 7.95. The number of thiazole rings is 1. The number of hydrogen-bond donors (Lipinski definition) is 0. The van der Waals surface area contributed by atoms with Crippen molar-refractivity contribution in [3.63, 3.8) is 0 Å². The van der Waals surface area contributed by atoms with Gasteiger partial charge >= 0.3 is 0 Å². The fourth-order valence-electron chi connectivity index (χ4n) is 2.12. The molecule has 0 unspecified atom stereocenters. The van der Waals surface area contributed by atoms with Gasteiger partial charge in [0.1, 0.15) is 5.69 Å². The standard InChI is InChI=1S/C14H15N3OS/c1-10-15-11(9-19-10)7-17(2)8-13-12-5-3-4-6-14(12)18-16-13/h3-6,9H,7-8H2,1-2H3. The minimum Gasteiger partial charge on any atom is -0.356 e. The van der Waals surface area contributed by atoms with Crippen molar-refractivity contribution in [1.29, 1.82) is 0 Å². The van der Waals surface area contributed by atoms with E-state index in [0.29, 0.717) is 0 Å². The third-order valence-electron chi connectivity index (χ3n) is 2.97. The van der Waals surface area contributed by atoms with Gasteiger partial charge in [-0.15, -0.1) is 11.3 Å². The second-order valence-electron chi connectivity index (χ2n) is 4.66. The molecular formula is C14H15N3OS. The van der Waals surface area contributed by atoms with E-state index in [1.54, 1.807) is 11.3 Å². The molecule has 0 aliphatic heterocycles. The Balaban J connectivity index is 1.74. The van der Waals surface area contributed by atoms with Gasteiger partial charge in [0.05, 0.1) is 10.7 Å². The van der Waals surface area contributed by atoms with E-state index < -0.39 is 0 Å². The summed E-state index contributed by atoms with van der Waals surface area (Å²) in [5, 5.41) is 8.45. The van der Waals surface area contributed by atoms with Crippen molar-refractivity contribution in [2.45, 2.75) is 20.0 Å². The highest BCUT2D eigenvalue weighted by molar-refractivity contribution is 7.09. The summed E-state index contributed by atoms with van der Waals surface area (Å²) < 4.78 is 5.31. The molecular weight excluding hydrogens is 258 g/mol. The van der Waals surface area contributed by atoms with E-state index in [1.807, 2.05) is 31.2 Å². The average Bonchev–Trinajstić information content (AvgIpc) is 2.97. The van der Waals surface area contributed by atoms with Crippen molar-refractivity contribution in [3.05, 3.63) is 46.0 Å². The van der Waals surface area contributed by atoms with Gasteiger partial charge in [0.15, 0.2) is 5.58 Å². The molecule has 0 saturated carbocycles. The lowest BCUT2D eigenvalue weighted by molar-refractivity contribution is 0.303. The maximum atomic E-state index is 5.31. The van der Waals surface area contributed by atoms with Crippen molar-refractivity contribution in [2.24, 2.45) is 0 Å². The van der Waals surface area contributed by atoms with Gasteiger partial charge in [-0.25, -0.2) is 4.98 Å². The Morgan fingerprint density at radius 2 is 2.11 bits per heavy atom. The first-order chi connectivity index (χ1) is 9.22. The van der Waals surface area contributed by atoms with Crippen LogP contribution in [0, 0.1) is 6.92 Å². The quantitative estimate of drug-likeness (QED) is 0.732. The monoisotopic (exact) mass is 273 g/mol. The fraction of sp³-hybridized carbons (Fsp3) is 0.286. The molecule has 2 heterocycles. The minimum atomic E-state index is 0.758. The van der Waals surface area contributed by atoms with Crippen LogP contribution in [0.5, 0.6) is 0 Å². The molecule has 0 aliphatic carbocycles. The molecule has 0 bridgehead atoms. The zero-order chi connectivity index (χ0) is 13.2. The summed E-state index contributed by atoms with van der Waals surface area (Å²) in [6.07, 6.45) is 0. The number of aromatic nitrogens is 2. The summed E-state index contributed by atoms with van der Waals surface area (Å²) in [6.45, 7) is 3.61. The molecule has 0 atom stereocenters. The molecule has 0 saturated heterocycles. The second kappa shape index (κ2) is 5.11. The topological polar surface area (TPSA) is 42.2 Å². The molecule has 0 amide bonds. The van der Waals surface area contributed by atoms with Gasteiger partial charge in [-0.3, -0.25) is 4.90 Å². The minimum absolute atomic E-state index is 0.758. The first-order valence-corrected chi connectivity index (χ1v) is 7.03. The van der Waals surface area contributed by atoms with Crippen LogP contribution in [-0.2, 0) is 13.1 Å². The number of fused-ring (bicyclic) bond motifs is 1. The number of para-hydroxylation sites is 1. The highest BCUT2D eigenvalue weighted by atomic mass is 32.1. The molecule has 19 heavy (non-hydrogen) atoms. The van der Waals surface area contributed by atoms with Crippen LogP contribution in [0.25, 0.3) is 11.0 Å². The number of hydrogen-bond acceptors (Lipinski definition) is 5. The van der Waals surface area contributed by atoms with E-state index in [4.69, 9.17) is 4.52 Å². The Morgan fingerprint density at radius 1 is 1.26 bits per heavy atom. The van der Waals surface area contributed by atoms with E-state index in [1.165, 1.54) is 0 Å². The molecule has 2 aromatic heterocycles. The molecule has 0 radical (unpaired) electrons. The van der Waals surface area contributed by atoms with Crippen molar-refractivity contribution in [3.8, 4) is 0 Å². The summed E-state index contributed by atoms with van der Waals surface area (Å²) >= 11 is 1.68. The largest absolute Gasteiger partial charge is 0.356 e. The number of aryl methyl sites for hydroxylation is 1. The van der Waals surface area contributed by atoms with Gasteiger partial charge in [-0.1, -0.05) is 17.3 Å². The lowest BCUT2D eigenvalue weighted by Gasteiger charge is -2.13. The molecule has 3 aromatic rings. The van der Waals surface area contributed by atoms with E-state index >= 15 is 0 Å². The predicted molar refractivity (Wildman–Crippen MR) is 76.0 cm³/mol. The van der Waals surface area contributed by atoms with Crippen LogP contribution in [0.2, 0.25) is 0 Å². The molecule has 0 fully saturated rings. The van der Waals surface area contributed by atoms with Gasteiger partial charge in [0.2, 0.25) is 0 Å². The number of rotatable bonds is 4. The van der Waals surface area contributed by atoms with Crippen LogP contribution in [0.15, 0.2) is 34.2 Å². The molecule has 0 aliphatic rings. The predicted octanol–water partition coefficient (Wildman–Crippen LogP) is 3.22. The van der Waals surface area contributed by atoms with Crippen molar-refractivity contribution >= 4 is 22.3 Å². The van der Waals surface area contributed by atoms with Gasteiger partial charge in [-0.05, 0) is 26.1 Å². The van der Waals surface area contributed by atoms with Crippen molar-refractivity contribution in [1.82, 2.24) is 15.0 Å². The highest BCUT2D eigenvalue weighted by Crippen LogP contribution is 2.19. The summed E-state index contributed by atoms with van der Waals surface area (Å²) in [5.41, 5.74) is 2.93. The van der Waals surface area contributed by atoms with Crippen LogP contribution in [0.4, 0.5) is 0 Å². The molecule has 5 heteroatoms. The molecule has 0 N–H and O–H groups in total. The van der Waals surface area contributed by atoms with Crippen LogP contribution in [-0.4, -0.2) is 22.1 Å². The van der Waals surface area contributed by atoms with E-state index in [9.17, 15) is 0 Å². The molecule has 0 spiro atoms. The molecule has 4 nitrogen and oxygen atoms in total. The van der Waals surface area contributed by atoms with Crippen molar-refractivity contribution < 1.29 is 4.52 Å². The highest BCUT2D eigenvalue weighted by Gasteiger charge is 2.11. The molecule has 3 rings (SSSR count). The fourth-order valence-corrected chi connectivity index (χ4v) is 2.72. The average molecular weight is 273 g/mol. The van der Waals surface area contributed by atoms with Gasteiger partial charge in [-0.2, -0.15) is 0 Å². The zero-order valence-corrected chi connectivity index (χ0v) is 11.8. The van der Waals surface area contributed by atoms with Crippen LogP contribution in [0.1, 0.15) is 16.4 Å². The van der Waals surface area contributed by atoms with Gasteiger partial charge in [0.25, 0.3) is 0 Å². The van der Waals surface area contributed by atoms with E-state index in [2.05, 4.69) is 27.5 Å². The first-order valence-electron chi connectivity index (χ1n) is 6.15.